The van der Waals surface area contributed by atoms with Crippen molar-refractivity contribution in [2.24, 2.45) is 0 Å². The van der Waals surface area contributed by atoms with Gasteiger partial charge in [-0.2, -0.15) is 4.98 Å². The van der Waals surface area contributed by atoms with Gasteiger partial charge in [0.1, 0.15) is 21.2 Å². The van der Waals surface area contributed by atoms with Gasteiger partial charge >= 0.3 is 0 Å². The molecule has 1 aromatic carbocycles. The number of nitro benzene ring substituents is 1. The Labute approximate surface area is 134 Å². The summed E-state index contributed by atoms with van der Waals surface area (Å²) < 4.78 is 6.19. The number of rotatable bonds is 5. The molecule has 0 atom stereocenters. The van der Waals surface area contributed by atoms with Gasteiger partial charge in [-0.05, 0) is 28.4 Å². The molecule has 0 saturated heterocycles. The molecule has 2 rings (SSSR count). The minimum absolute atomic E-state index is 0.0133. The highest BCUT2D eigenvalue weighted by molar-refractivity contribution is 9.10. The smallest absolute Gasteiger partial charge is 0.288 e. The molecule has 0 fully saturated rings. The van der Waals surface area contributed by atoms with Crippen molar-refractivity contribution < 1.29 is 9.66 Å². The number of aromatic nitrogens is 2. The van der Waals surface area contributed by atoms with Gasteiger partial charge in [-0.25, -0.2) is 4.98 Å². The number of ether oxygens (including phenoxy) is 1. The predicted molar refractivity (Wildman–Crippen MR) is 81.9 cm³/mol. The maximum absolute atomic E-state index is 10.7. The Balaban J connectivity index is 2.25. The molecule has 2 aromatic rings. The van der Waals surface area contributed by atoms with Crippen LogP contribution in [-0.2, 0) is 6.42 Å². The lowest BCUT2D eigenvalue weighted by Gasteiger charge is -2.07. The van der Waals surface area contributed by atoms with Crippen molar-refractivity contribution >= 4 is 33.2 Å². The third-order valence-electron chi connectivity index (χ3n) is 2.53. The first-order valence-electron chi connectivity index (χ1n) is 6.15. The number of hydrogen-bond donors (Lipinski definition) is 0. The molecule has 0 aliphatic carbocycles. The molecule has 21 heavy (non-hydrogen) atoms. The van der Waals surface area contributed by atoms with Crippen LogP contribution in [0.1, 0.15) is 19.2 Å². The third-order valence-corrected chi connectivity index (χ3v) is 3.24. The van der Waals surface area contributed by atoms with E-state index in [4.69, 9.17) is 16.3 Å². The van der Waals surface area contributed by atoms with E-state index in [0.29, 0.717) is 22.1 Å². The summed E-state index contributed by atoms with van der Waals surface area (Å²) in [7, 11) is 0. The highest BCUT2D eigenvalue weighted by Crippen LogP contribution is 2.30. The number of aryl methyl sites for hydroxylation is 1. The minimum atomic E-state index is -0.549. The van der Waals surface area contributed by atoms with Crippen LogP contribution in [0.2, 0.25) is 5.02 Å². The number of benzene rings is 1. The van der Waals surface area contributed by atoms with Gasteiger partial charge in [0.2, 0.25) is 5.88 Å². The number of nitrogens with zero attached hydrogens (tertiary/aromatic N) is 3. The zero-order valence-electron chi connectivity index (χ0n) is 11.0. The molecule has 0 bridgehead atoms. The molecule has 6 nitrogen and oxygen atoms in total. The van der Waals surface area contributed by atoms with Crippen molar-refractivity contribution in [3.05, 3.63) is 49.8 Å². The molecule has 1 heterocycles. The van der Waals surface area contributed by atoms with Crippen LogP contribution in [0.4, 0.5) is 5.69 Å². The molecule has 1 aromatic heterocycles. The van der Waals surface area contributed by atoms with Crippen molar-refractivity contribution in [1.82, 2.24) is 9.97 Å². The van der Waals surface area contributed by atoms with Gasteiger partial charge in [0.15, 0.2) is 0 Å². The van der Waals surface area contributed by atoms with Gasteiger partial charge < -0.3 is 4.74 Å². The van der Waals surface area contributed by atoms with Crippen LogP contribution in [0, 0.1) is 10.1 Å². The van der Waals surface area contributed by atoms with Gasteiger partial charge in [-0.15, -0.1) is 0 Å². The van der Waals surface area contributed by atoms with E-state index >= 15 is 0 Å². The summed E-state index contributed by atoms with van der Waals surface area (Å²) in [5, 5.41) is 10.7. The summed E-state index contributed by atoms with van der Waals surface area (Å²) in [6, 6.07) is 5.77. The van der Waals surface area contributed by atoms with Crippen molar-refractivity contribution in [3.63, 3.8) is 0 Å². The Kier molecular flexibility index (Phi) is 5.08. The molecule has 0 radical (unpaired) electrons. The van der Waals surface area contributed by atoms with E-state index in [1.165, 1.54) is 18.2 Å². The van der Waals surface area contributed by atoms with Crippen LogP contribution in [0.25, 0.3) is 0 Å². The molecule has 0 aliphatic heterocycles. The molecule has 0 saturated carbocycles. The van der Waals surface area contributed by atoms with E-state index in [2.05, 4.69) is 25.9 Å². The number of halogens is 2. The van der Waals surface area contributed by atoms with Gasteiger partial charge in [-0.3, -0.25) is 10.1 Å². The Bertz CT molecular complexity index is 682. The van der Waals surface area contributed by atoms with E-state index in [0.717, 1.165) is 12.8 Å². The molecule has 0 aliphatic rings. The second-order valence-corrected chi connectivity index (χ2v) is 5.39. The summed E-state index contributed by atoms with van der Waals surface area (Å²) in [6.45, 7) is 2.03. The fraction of sp³-hybridized carbons (Fsp3) is 0.231. The molecule has 8 heteroatoms. The van der Waals surface area contributed by atoms with Crippen LogP contribution in [0.5, 0.6) is 11.6 Å². The fourth-order valence-corrected chi connectivity index (χ4v) is 2.29. The molecular weight excluding hydrogens is 362 g/mol. The highest BCUT2D eigenvalue weighted by Gasteiger charge is 2.13. The molecular formula is C13H11BrClN3O3. The first kappa shape index (κ1) is 15.7. The number of hydrogen-bond acceptors (Lipinski definition) is 5. The monoisotopic (exact) mass is 371 g/mol. The van der Waals surface area contributed by atoms with E-state index < -0.39 is 4.92 Å². The second-order valence-electron chi connectivity index (χ2n) is 4.17. The molecule has 110 valence electrons. The maximum atomic E-state index is 10.7. The van der Waals surface area contributed by atoms with E-state index in [1.54, 1.807) is 6.07 Å². The minimum Gasteiger partial charge on any atom is -0.439 e. The average molecular weight is 373 g/mol. The third kappa shape index (κ3) is 4.12. The zero-order valence-corrected chi connectivity index (χ0v) is 13.4. The largest absolute Gasteiger partial charge is 0.439 e. The topological polar surface area (TPSA) is 78.2 Å². The molecule has 0 unspecified atom stereocenters. The molecule has 0 spiro atoms. The first-order valence-corrected chi connectivity index (χ1v) is 7.32. The lowest BCUT2D eigenvalue weighted by Crippen LogP contribution is -1.98. The van der Waals surface area contributed by atoms with E-state index in [-0.39, 0.29) is 10.7 Å². The summed E-state index contributed by atoms with van der Waals surface area (Å²) in [5.41, 5.74) is -0.167. The van der Waals surface area contributed by atoms with Crippen molar-refractivity contribution in [3.8, 4) is 11.6 Å². The fourth-order valence-electron chi connectivity index (χ4n) is 1.65. The summed E-state index contributed by atoms with van der Waals surface area (Å²) >= 11 is 9.13. The van der Waals surface area contributed by atoms with Gasteiger partial charge in [0.25, 0.3) is 5.69 Å². The van der Waals surface area contributed by atoms with E-state index in [1.807, 2.05) is 6.92 Å². The van der Waals surface area contributed by atoms with Crippen molar-refractivity contribution in [2.75, 3.05) is 0 Å². The average Bonchev–Trinajstić information content (AvgIpc) is 2.37. The first-order chi connectivity index (χ1) is 9.99. The number of nitro groups is 1. The normalized spacial score (nSPS) is 10.4. The zero-order chi connectivity index (χ0) is 15.4. The second kappa shape index (κ2) is 6.82. The quantitative estimate of drug-likeness (QED) is 0.437. The van der Waals surface area contributed by atoms with Crippen LogP contribution >= 0.6 is 27.5 Å². The lowest BCUT2D eigenvalue weighted by atomic mass is 10.3. The molecule has 0 amide bonds. The van der Waals surface area contributed by atoms with Crippen molar-refractivity contribution in [1.29, 1.82) is 0 Å². The Morgan fingerprint density at radius 2 is 2.14 bits per heavy atom. The van der Waals surface area contributed by atoms with Crippen LogP contribution in [0.3, 0.4) is 0 Å². The van der Waals surface area contributed by atoms with Crippen molar-refractivity contribution in [2.45, 2.75) is 19.8 Å². The summed E-state index contributed by atoms with van der Waals surface area (Å²) in [5.74, 6) is 1.39. The van der Waals surface area contributed by atoms with Crippen LogP contribution in [-0.4, -0.2) is 14.9 Å². The summed E-state index contributed by atoms with van der Waals surface area (Å²) in [4.78, 5) is 18.7. The van der Waals surface area contributed by atoms with E-state index in [9.17, 15) is 10.1 Å². The Morgan fingerprint density at radius 3 is 2.76 bits per heavy atom. The predicted octanol–water partition coefficient (Wildman–Crippen LogP) is 4.55. The van der Waals surface area contributed by atoms with Crippen LogP contribution in [0.15, 0.2) is 28.9 Å². The lowest BCUT2D eigenvalue weighted by molar-refractivity contribution is -0.384. The van der Waals surface area contributed by atoms with Gasteiger partial charge in [0.05, 0.1) is 4.92 Å². The Hall–Kier alpha value is -1.73. The maximum Gasteiger partial charge on any atom is 0.288 e. The highest BCUT2D eigenvalue weighted by atomic mass is 79.9. The van der Waals surface area contributed by atoms with Crippen LogP contribution < -0.4 is 4.74 Å². The van der Waals surface area contributed by atoms with Gasteiger partial charge in [0, 0.05) is 24.6 Å². The van der Waals surface area contributed by atoms with Gasteiger partial charge in [-0.1, -0.05) is 18.5 Å². The Morgan fingerprint density at radius 1 is 1.38 bits per heavy atom. The molecule has 0 N–H and O–H groups in total. The SMILES string of the molecule is CCCc1nc(Br)cc(Oc2ccc([N+](=O)[O-])c(Cl)c2)n1. The standard InChI is InChI=1S/C13H11BrClN3O3/c1-2-3-12-16-11(14)7-13(17-12)21-8-4-5-10(18(19)20)9(15)6-8/h4-7H,2-3H2,1H3. The summed E-state index contributed by atoms with van der Waals surface area (Å²) in [6.07, 6.45) is 1.65.